The van der Waals surface area contributed by atoms with Crippen LogP contribution in [0.4, 0.5) is 17.1 Å². The van der Waals surface area contributed by atoms with Crippen molar-refractivity contribution in [1.82, 2.24) is 37.5 Å². The molecule has 0 bridgehead atoms. The third-order valence-electron chi connectivity index (χ3n) is 7.52. The summed E-state index contributed by atoms with van der Waals surface area (Å²) in [6, 6.07) is 14.6. The van der Waals surface area contributed by atoms with Crippen LogP contribution in [-0.2, 0) is 35.8 Å². The lowest BCUT2D eigenvalue weighted by molar-refractivity contribution is 0.181. The van der Waals surface area contributed by atoms with Gasteiger partial charge in [0.25, 0.3) is 0 Å². The molecule has 0 spiro atoms. The van der Waals surface area contributed by atoms with Crippen LogP contribution in [0.15, 0.2) is 104 Å². The average Bonchev–Trinajstić information content (AvgIpc) is 4.01. The van der Waals surface area contributed by atoms with Crippen molar-refractivity contribution in [2.24, 2.45) is 5.73 Å². The van der Waals surface area contributed by atoms with Crippen molar-refractivity contribution in [1.29, 1.82) is 0 Å². The van der Waals surface area contributed by atoms with Crippen LogP contribution >= 0.6 is 0 Å². The fourth-order valence-electron chi connectivity index (χ4n) is 4.97. The van der Waals surface area contributed by atoms with Crippen molar-refractivity contribution in [2.45, 2.75) is 26.4 Å². The largest absolute Gasteiger partial charge is 0.390 e. The van der Waals surface area contributed by atoms with Gasteiger partial charge in [0.05, 0.1) is 75.2 Å². The van der Waals surface area contributed by atoms with Gasteiger partial charge in [0.2, 0.25) is 17.1 Å². The predicted octanol–water partition coefficient (Wildman–Crippen LogP) is 6.23. The molecular formula is C37H34N12O3. The van der Waals surface area contributed by atoms with Crippen molar-refractivity contribution >= 4 is 39.7 Å². The highest BCUT2D eigenvalue weighted by Gasteiger charge is 2.04. The second-order valence-electron chi connectivity index (χ2n) is 10.9. The molecule has 8 aromatic heterocycles. The molecule has 0 fully saturated rings. The number of nitrogens with zero attached hydrogens (tertiary/aromatic N) is 11. The molecule has 8 heterocycles. The Bertz CT molecular complexity index is 2540. The number of imidazole rings is 4. The minimum atomic E-state index is -0.0668. The Morgan fingerprint density at radius 2 is 1.08 bits per heavy atom. The molecule has 15 heteroatoms. The normalized spacial score (nSPS) is 10.3. The summed E-state index contributed by atoms with van der Waals surface area (Å²) in [5, 5.41) is 8.95. The smallest absolute Gasteiger partial charge is 0.203 e. The summed E-state index contributed by atoms with van der Waals surface area (Å²) in [4.78, 5) is 26.5. The van der Waals surface area contributed by atoms with Gasteiger partial charge in [0.1, 0.15) is 22.6 Å². The number of ether oxygens (including phenoxy) is 2. The first-order chi connectivity index (χ1) is 25.4. The third-order valence-corrected chi connectivity index (χ3v) is 7.52. The SMILES string of the molecule is COCc1cnc2ccc(CN)cn12.[C-]#[N+]c1ccc2ncc(CO)n2c1.[C-]#[N+]c1ccc2ncc(COC)n2c1.[C-]#[N+]c1ccc2nccn2c1. The minimum Gasteiger partial charge on any atom is -0.390 e. The molecule has 0 saturated heterocycles. The van der Waals surface area contributed by atoms with Gasteiger partial charge in [-0.05, 0) is 29.8 Å². The summed E-state index contributed by atoms with van der Waals surface area (Å²) in [5.41, 5.74) is 14.5. The van der Waals surface area contributed by atoms with Gasteiger partial charge in [0, 0.05) is 57.9 Å². The van der Waals surface area contributed by atoms with Gasteiger partial charge >= 0.3 is 0 Å². The van der Waals surface area contributed by atoms with E-state index in [1.165, 1.54) is 0 Å². The summed E-state index contributed by atoms with van der Waals surface area (Å²) in [6.45, 7) is 22.0. The van der Waals surface area contributed by atoms with Crippen molar-refractivity contribution in [3.8, 4) is 0 Å². The number of pyridine rings is 4. The van der Waals surface area contributed by atoms with E-state index in [1.807, 2.05) is 56.1 Å². The zero-order valence-corrected chi connectivity index (χ0v) is 28.4. The number of rotatable bonds is 6. The Morgan fingerprint density at radius 1 is 0.615 bits per heavy atom. The second-order valence-corrected chi connectivity index (χ2v) is 10.9. The van der Waals surface area contributed by atoms with E-state index in [0.717, 1.165) is 39.5 Å². The maximum atomic E-state index is 8.95. The quantitative estimate of drug-likeness (QED) is 0.195. The lowest BCUT2D eigenvalue weighted by Crippen LogP contribution is -2.00. The molecule has 0 saturated carbocycles. The van der Waals surface area contributed by atoms with Gasteiger partial charge in [-0.3, -0.25) is 0 Å². The summed E-state index contributed by atoms with van der Waals surface area (Å²) in [5.74, 6) is 0. The number of aliphatic hydroxyl groups is 1. The highest BCUT2D eigenvalue weighted by Crippen LogP contribution is 2.17. The van der Waals surface area contributed by atoms with Crippen LogP contribution in [0, 0.1) is 19.7 Å². The first kappa shape index (κ1) is 36.4. The van der Waals surface area contributed by atoms with E-state index in [9.17, 15) is 0 Å². The number of nitrogens with two attached hydrogens (primary N) is 1. The first-order valence-electron chi connectivity index (χ1n) is 15.7. The number of aromatic nitrogens is 8. The van der Waals surface area contributed by atoms with Gasteiger partial charge in [0.15, 0.2) is 0 Å². The fraction of sp³-hybridized carbons (Fsp3) is 0.162. The predicted molar refractivity (Wildman–Crippen MR) is 195 cm³/mol. The van der Waals surface area contributed by atoms with Gasteiger partial charge in [-0.1, -0.05) is 24.3 Å². The van der Waals surface area contributed by atoms with Crippen molar-refractivity contribution in [3.05, 3.63) is 161 Å². The molecular weight excluding hydrogens is 660 g/mol. The standard InChI is InChI=1S/C10H9N3O.C10H13N3O.C9H7N3O.C8H5N3/c1-11-8-3-4-10-12-5-9(7-14-2)13(10)6-8;1-14-7-9-5-12-10-3-2-8(4-11)6-13(9)10;1-10-7-2-3-9-11-4-8(6-13)12(9)5-7;1-9-7-2-3-8-10-4-5-11(8)6-7/h3-6H,7H2,2H3;2-3,5-6H,4,7,11H2,1H3;2-5,13H,6H2;2-6H. The third kappa shape index (κ3) is 8.61. The van der Waals surface area contributed by atoms with E-state index >= 15 is 0 Å². The molecule has 52 heavy (non-hydrogen) atoms. The summed E-state index contributed by atoms with van der Waals surface area (Å²) < 4.78 is 17.5. The molecule has 0 aromatic carbocycles. The highest BCUT2D eigenvalue weighted by atomic mass is 16.5. The van der Waals surface area contributed by atoms with E-state index in [1.54, 1.807) is 80.1 Å². The molecule has 0 aliphatic heterocycles. The Morgan fingerprint density at radius 3 is 1.58 bits per heavy atom. The number of aliphatic hydroxyl groups excluding tert-OH is 1. The van der Waals surface area contributed by atoms with Gasteiger partial charge in [-0.15, -0.1) is 0 Å². The first-order valence-corrected chi connectivity index (χ1v) is 15.7. The van der Waals surface area contributed by atoms with E-state index in [0.29, 0.717) is 42.5 Å². The van der Waals surface area contributed by atoms with Crippen LogP contribution in [0.2, 0.25) is 0 Å². The zero-order chi connectivity index (χ0) is 36.9. The Hall–Kier alpha value is -6.93. The lowest BCUT2D eigenvalue weighted by Gasteiger charge is -2.02. The van der Waals surface area contributed by atoms with Crippen LogP contribution in [0.25, 0.3) is 37.1 Å². The van der Waals surface area contributed by atoms with Crippen molar-refractivity contribution in [2.75, 3.05) is 14.2 Å². The monoisotopic (exact) mass is 694 g/mol. The Labute approximate surface area is 298 Å². The molecule has 0 aliphatic rings. The van der Waals surface area contributed by atoms with E-state index in [-0.39, 0.29) is 6.61 Å². The molecule has 0 radical (unpaired) electrons. The van der Waals surface area contributed by atoms with Gasteiger partial charge < -0.3 is 37.9 Å². The zero-order valence-electron chi connectivity index (χ0n) is 28.4. The van der Waals surface area contributed by atoms with E-state index < -0.39 is 0 Å². The van der Waals surface area contributed by atoms with Gasteiger partial charge in [-0.2, -0.15) is 0 Å². The molecule has 3 N–H and O–H groups in total. The van der Waals surface area contributed by atoms with Gasteiger partial charge in [-0.25, -0.2) is 34.5 Å². The number of hydrogen-bond donors (Lipinski definition) is 2. The van der Waals surface area contributed by atoms with Crippen LogP contribution in [-0.4, -0.2) is 56.9 Å². The van der Waals surface area contributed by atoms with Crippen LogP contribution in [0.3, 0.4) is 0 Å². The fourth-order valence-corrected chi connectivity index (χ4v) is 4.97. The number of methoxy groups -OCH3 is 2. The Kier molecular flexibility index (Phi) is 12.3. The molecule has 260 valence electrons. The Balaban J connectivity index is 0.000000135. The minimum absolute atomic E-state index is 0.0668. The summed E-state index contributed by atoms with van der Waals surface area (Å²) in [7, 11) is 3.31. The molecule has 0 amide bonds. The number of hydrogen-bond acceptors (Lipinski definition) is 8. The van der Waals surface area contributed by atoms with Crippen molar-refractivity contribution < 1.29 is 14.6 Å². The molecule has 8 aromatic rings. The van der Waals surface area contributed by atoms with Crippen LogP contribution in [0.5, 0.6) is 0 Å². The topological polar surface area (TPSA) is 147 Å². The maximum Gasteiger partial charge on any atom is 0.203 e. The molecule has 0 atom stereocenters. The van der Waals surface area contributed by atoms with E-state index in [4.69, 9.17) is 40.0 Å². The summed E-state index contributed by atoms with van der Waals surface area (Å²) in [6.07, 6.45) is 15.9. The summed E-state index contributed by atoms with van der Waals surface area (Å²) >= 11 is 0. The molecule has 8 rings (SSSR count). The van der Waals surface area contributed by atoms with Crippen LogP contribution in [0.1, 0.15) is 22.6 Å². The number of fused-ring (bicyclic) bond motifs is 4. The molecule has 0 unspecified atom stereocenters. The van der Waals surface area contributed by atoms with Crippen LogP contribution < -0.4 is 5.73 Å². The van der Waals surface area contributed by atoms with E-state index in [2.05, 4.69) is 34.5 Å². The highest BCUT2D eigenvalue weighted by molar-refractivity contribution is 5.53. The maximum absolute atomic E-state index is 8.95. The lowest BCUT2D eigenvalue weighted by atomic mass is 10.3. The van der Waals surface area contributed by atoms with Crippen molar-refractivity contribution in [3.63, 3.8) is 0 Å². The second kappa shape index (κ2) is 17.6. The molecule has 0 aliphatic carbocycles. The average molecular weight is 695 g/mol. The molecule has 15 nitrogen and oxygen atoms in total.